The van der Waals surface area contributed by atoms with Gasteiger partial charge in [-0.25, -0.2) is 5.21 Å². The molecule has 0 radical (unpaired) electrons. The number of nitrogens with one attached hydrogen (secondary N) is 1. The van der Waals surface area contributed by atoms with Crippen LogP contribution in [0.4, 0.5) is 0 Å². The minimum absolute atomic E-state index is 0.0417. The lowest BCUT2D eigenvalue weighted by atomic mass is 11.2. The molecule has 0 aliphatic carbocycles. The fourth-order valence-corrected chi connectivity index (χ4v) is 0.299. The van der Waals surface area contributed by atoms with Crippen LogP contribution in [0.3, 0.4) is 0 Å². The van der Waals surface area contributed by atoms with Gasteiger partial charge in [0.05, 0.1) is 0 Å². The molecule has 0 bridgehead atoms. The first kappa shape index (κ1) is 4.75. The summed E-state index contributed by atoms with van der Waals surface area (Å²) in [5.41, 5.74) is 2.11. The predicted octanol–water partition coefficient (Wildman–Crippen LogP) is -0.786. The van der Waals surface area contributed by atoms with Gasteiger partial charge in [-0.2, -0.15) is 0 Å². The smallest absolute Gasteiger partial charge is 0.218 e. The van der Waals surface area contributed by atoms with E-state index in [0.717, 1.165) is 5.12 Å². The minimum Gasteiger partial charge on any atom is -0.218 e. The number of hydrogen-bond acceptors (Lipinski definition) is 4. The largest absolute Gasteiger partial charge is 0.381 e. The molecule has 1 rings (SSSR count). The normalized spacial score (nSPS) is 16.2. The summed E-state index contributed by atoms with van der Waals surface area (Å²) >= 11 is 0. The Hall–Kier alpha value is -1.40. The van der Waals surface area contributed by atoms with Crippen LogP contribution in [0, 0.1) is 4.91 Å². The van der Waals surface area contributed by atoms with Crippen molar-refractivity contribution in [1.82, 2.24) is 10.7 Å². The summed E-state index contributed by atoms with van der Waals surface area (Å²) in [6.45, 7) is 0.0417. The number of hydrogen-bond donors (Lipinski definition) is 2. The fourth-order valence-electron chi connectivity index (χ4n) is 0.299. The first-order valence-electron chi connectivity index (χ1n) is 1.86. The molecule has 0 aromatic rings. The van der Waals surface area contributed by atoms with E-state index in [-0.39, 0.29) is 11.7 Å². The quantitative estimate of drug-likeness (QED) is 0.442. The van der Waals surface area contributed by atoms with Gasteiger partial charge in [0.1, 0.15) is 4.91 Å². The van der Waals surface area contributed by atoms with Gasteiger partial charge in [-0.05, 0) is 0 Å². The molecule has 2 N–H and O–H groups in total. The van der Waals surface area contributed by atoms with Gasteiger partial charge >= 0.3 is 5.03 Å². The molecule has 0 aromatic carbocycles. The van der Waals surface area contributed by atoms with Crippen molar-refractivity contribution in [1.29, 1.82) is 0 Å². The van der Waals surface area contributed by atoms with E-state index in [1.54, 1.807) is 0 Å². The lowest BCUT2D eigenvalue weighted by Crippen LogP contribution is -2.36. The second-order valence-electron chi connectivity index (χ2n) is 1.14. The first-order chi connectivity index (χ1) is 3.80. The van der Waals surface area contributed by atoms with E-state index in [9.17, 15) is 4.91 Å². The van der Waals surface area contributed by atoms with Gasteiger partial charge in [0.2, 0.25) is 6.67 Å². The standard InChI is InChI=1S/CH4N5O2/c7-6(8)5-1-2-3-4-5/h1H2,(H,2,4)(H,7,8)/q+1. The SMILES string of the molecule is O=[N+](O)N1CN=NN1. The molecule has 0 atom stereocenters. The van der Waals surface area contributed by atoms with Crippen molar-refractivity contribution in [2.75, 3.05) is 6.67 Å². The second kappa shape index (κ2) is 1.60. The van der Waals surface area contributed by atoms with Crippen LogP contribution in [0.15, 0.2) is 10.3 Å². The number of nitrogens with zero attached hydrogens (tertiary/aromatic N) is 4. The zero-order chi connectivity index (χ0) is 5.98. The highest BCUT2D eigenvalue weighted by molar-refractivity contribution is 4.31. The van der Waals surface area contributed by atoms with Gasteiger partial charge in [0, 0.05) is 5.12 Å². The van der Waals surface area contributed by atoms with E-state index in [1.165, 1.54) is 0 Å². The fraction of sp³-hybridized carbons (Fsp3) is 1.00. The minimum atomic E-state index is -0.375. The summed E-state index contributed by atoms with van der Waals surface area (Å²) in [4.78, 5) is 9.86. The molecule has 1 heterocycles. The maximum absolute atomic E-state index is 9.86. The third kappa shape index (κ3) is 0.647. The highest BCUT2D eigenvalue weighted by Crippen LogP contribution is 1.89. The van der Waals surface area contributed by atoms with Crippen LogP contribution in [0.25, 0.3) is 0 Å². The van der Waals surface area contributed by atoms with E-state index in [2.05, 4.69) is 15.9 Å². The third-order valence-electron chi connectivity index (χ3n) is 0.635. The summed E-state index contributed by atoms with van der Waals surface area (Å²) in [6.07, 6.45) is 0. The summed E-state index contributed by atoms with van der Waals surface area (Å²) in [5.74, 6) is 0. The zero-order valence-corrected chi connectivity index (χ0v) is 3.85. The monoisotopic (exact) mass is 118 g/mol. The van der Waals surface area contributed by atoms with Crippen LogP contribution in [-0.2, 0) is 0 Å². The maximum atomic E-state index is 9.86. The van der Waals surface area contributed by atoms with Gasteiger partial charge in [0.25, 0.3) is 0 Å². The molecular weight excluding hydrogens is 114 g/mol. The van der Waals surface area contributed by atoms with Crippen LogP contribution in [0.2, 0.25) is 0 Å². The Morgan fingerprint density at radius 1 is 1.88 bits per heavy atom. The van der Waals surface area contributed by atoms with E-state index in [1.807, 2.05) is 0 Å². The molecule has 0 amide bonds. The summed E-state index contributed by atoms with van der Waals surface area (Å²) in [6, 6.07) is 0. The van der Waals surface area contributed by atoms with Crippen molar-refractivity contribution in [3.8, 4) is 0 Å². The third-order valence-corrected chi connectivity index (χ3v) is 0.635. The average Bonchev–Trinajstić information content (AvgIpc) is 2.12. The molecule has 1 aliphatic heterocycles. The van der Waals surface area contributed by atoms with E-state index >= 15 is 0 Å². The van der Waals surface area contributed by atoms with E-state index < -0.39 is 0 Å². The van der Waals surface area contributed by atoms with Gasteiger partial charge in [-0.3, -0.25) is 0 Å². The van der Waals surface area contributed by atoms with Crippen LogP contribution < -0.4 is 5.53 Å². The van der Waals surface area contributed by atoms with Crippen LogP contribution in [0.5, 0.6) is 0 Å². The van der Waals surface area contributed by atoms with E-state index in [0.29, 0.717) is 0 Å². The van der Waals surface area contributed by atoms with Crippen molar-refractivity contribution < 1.29 is 10.2 Å². The van der Waals surface area contributed by atoms with Crippen molar-refractivity contribution in [3.63, 3.8) is 0 Å². The van der Waals surface area contributed by atoms with Gasteiger partial charge < -0.3 is 0 Å². The molecule has 0 spiro atoms. The Kier molecular flexibility index (Phi) is 0.952. The van der Waals surface area contributed by atoms with Gasteiger partial charge in [-0.15, -0.1) is 10.6 Å². The molecule has 0 fully saturated rings. The van der Waals surface area contributed by atoms with Crippen molar-refractivity contribution in [2.24, 2.45) is 10.3 Å². The Morgan fingerprint density at radius 2 is 2.62 bits per heavy atom. The van der Waals surface area contributed by atoms with Crippen molar-refractivity contribution in [2.45, 2.75) is 0 Å². The topological polar surface area (TPSA) is 80.3 Å². The molecule has 7 heteroatoms. The lowest BCUT2D eigenvalue weighted by molar-refractivity contribution is -0.909. The molecule has 0 saturated heterocycles. The molecule has 0 unspecified atom stereocenters. The summed E-state index contributed by atoms with van der Waals surface area (Å²) < 4.78 is 0. The predicted molar refractivity (Wildman–Crippen MR) is 20.1 cm³/mol. The maximum Gasteiger partial charge on any atom is 0.381 e. The average molecular weight is 118 g/mol. The highest BCUT2D eigenvalue weighted by atomic mass is 16.7. The van der Waals surface area contributed by atoms with Crippen LogP contribution in [-0.4, -0.2) is 22.0 Å². The Labute approximate surface area is 44.1 Å². The van der Waals surface area contributed by atoms with Gasteiger partial charge in [-0.1, -0.05) is 5.22 Å². The summed E-state index contributed by atoms with van der Waals surface area (Å²) in [5, 5.41) is 15.0. The Balaban J connectivity index is 2.41. The Morgan fingerprint density at radius 3 is 2.88 bits per heavy atom. The summed E-state index contributed by atoms with van der Waals surface area (Å²) in [7, 11) is 0. The molecule has 0 aromatic heterocycles. The number of hydrazine groups is 2. The van der Waals surface area contributed by atoms with Crippen LogP contribution in [0.1, 0.15) is 0 Å². The lowest BCUT2D eigenvalue weighted by Gasteiger charge is -1.92. The Bertz CT molecular complexity index is 122. The molecule has 0 saturated carbocycles. The van der Waals surface area contributed by atoms with Crippen molar-refractivity contribution >= 4 is 0 Å². The van der Waals surface area contributed by atoms with Crippen molar-refractivity contribution in [3.05, 3.63) is 4.91 Å². The highest BCUT2D eigenvalue weighted by Gasteiger charge is 2.21. The molecule has 8 heavy (non-hydrogen) atoms. The molecule has 1 aliphatic rings. The van der Waals surface area contributed by atoms with E-state index in [4.69, 9.17) is 5.21 Å². The second-order valence-corrected chi connectivity index (χ2v) is 1.14. The molecule has 44 valence electrons. The van der Waals surface area contributed by atoms with Crippen LogP contribution >= 0.6 is 0 Å². The molecule has 7 nitrogen and oxygen atoms in total. The first-order valence-corrected chi connectivity index (χ1v) is 1.86. The zero-order valence-electron chi connectivity index (χ0n) is 3.85. The molecular formula is CH4N5O2+. The number of rotatable bonds is 1. The van der Waals surface area contributed by atoms with Gasteiger partial charge in [0.15, 0.2) is 0 Å².